The SMILES string of the molecule is COCCN(CC(=O)N1N=C(c2cccn2C)C[C@H]1c1ccc(Cl)cc1)C(=O)Nc1ccccc1OC. The summed E-state index contributed by atoms with van der Waals surface area (Å²) in [5, 5.41) is 9.64. The summed E-state index contributed by atoms with van der Waals surface area (Å²) in [4.78, 5) is 28.3. The maximum atomic E-state index is 13.6. The number of benzene rings is 2. The van der Waals surface area contributed by atoms with E-state index in [1.807, 2.05) is 48.1 Å². The van der Waals surface area contributed by atoms with E-state index in [1.165, 1.54) is 17.0 Å². The van der Waals surface area contributed by atoms with Crippen molar-refractivity contribution in [2.45, 2.75) is 12.5 Å². The average molecular weight is 524 g/mol. The monoisotopic (exact) mass is 523 g/mol. The molecular weight excluding hydrogens is 494 g/mol. The van der Waals surface area contributed by atoms with Crippen LogP contribution in [0.15, 0.2) is 72.0 Å². The standard InChI is InChI=1S/C27H30ClN5O4/c1-31-14-6-8-23(31)22-17-24(19-10-12-20(28)13-11-19)33(30-22)26(34)18-32(15-16-36-2)27(35)29-21-7-4-5-9-25(21)37-3/h4-14,24H,15-18H2,1-3H3,(H,29,35)/t24-/m0/s1. The number of ether oxygens (including phenoxy) is 2. The highest BCUT2D eigenvalue weighted by Gasteiger charge is 2.35. The van der Waals surface area contributed by atoms with E-state index in [4.69, 9.17) is 26.2 Å². The number of nitrogens with one attached hydrogen (secondary N) is 1. The number of amides is 3. The van der Waals surface area contributed by atoms with Gasteiger partial charge in [0.25, 0.3) is 5.91 Å². The second-order valence-corrected chi connectivity index (χ2v) is 9.04. The summed E-state index contributed by atoms with van der Waals surface area (Å²) in [6, 6.07) is 17.6. The number of anilines is 1. The van der Waals surface area contributed by atoms with Gasteiger partial charge in [-0.25, -0.2) is 9.80 Å². The molecule has 1 N–H and O–H groups in total. The fraction of sp³-hybridized carbons (Fsp3) is 0.296. The van der Waals surface area contributed by atoms with Gasteiger partial charge in [-0.1, -0.05) is 35.9 Å². The quantitative estimate of drug-likeness (QED) is 0.446. The van der Waals surface area contributed by atoms with Gasteiger partial charge in [0.15, 0.2) is 0 Å². The average Bonchev–Trinajstić information content (AvgIpc) is 3.53. The highest BCUT2D eigenvalue weighted by molar-refractivity contribution is 6.30. The summed E-state index contributed by atoms with van der Waals surface area (Å²) >= 11 is 6.10. The second-order valence-electron chi connectivity index (χ2n) is 8.61. The van der Waals surface area contributed by atoms with Gasteiger partial charge in [0.2, 0.25) is 0 Å². The van der Waals surface area contributed by atoms with Gasteiger partial charge in [-0.05, 0) is 42.0 Å². The van der Waals surface area contributed by atoms with Crippen molar-refractivity contribution >= 4 is 34.9 Å². The third-order valence-corrected chi connectivity index (χ3v) is 6.44. The van der Waals surface area contributed by atoms with Gasteiger partial charge in [-0.3, -0.25) is 4.79 Å². The number of aromatic nitrogens is 1. The van der Waals surface area contributed by atoms with Crippen molar-refractivity contribution in [3.8, 4) is 5.75 Å². The predicted molar refractivity (Wildman–Crippen MR) is 143 cm³/mol. The Morgan fingerprint density at radius 3 is 2.54 bits per heavy atom. The minimum absolute atomic E-state index is 0.182. The number of aryl methyl sites for hydroxylation is 1. The molecule has 37 heavy (non-hydrogen) atoms. The molecule has 4 rings (SSSR count). The Bertz CT molecular complexity index is 1270. The number of carbonyl (C=O) groups excluding carboxylic acids is 2. The van der Waals surface area contributed by atoms with Crippen molar-refractivity contribution in [2.24, 2.45) is 12.1 Å². The van der Waals surface area contributed by atoms with Crippen LogP contribution in [0, 0.1) is 0 Å². The Hall–Kier alpha value is -3.82. The van der Waals surface area contributed by atoms with E-state index >= 15 is 0 Å². The van der Waals surface area contributed by atoms with Gasteiger partial charge in [0.05, 0.1) is 36.9 Å². The molecule has 3 amide bonds. The molecule has 0 aliphatic carbocycles. The van der Waals surface area contributed by atoms with Crippen LogP contribution in [0.1, 0.15) is 23.7 Å². The maximum Gasteiger partial charge on any atom is 0.322 e. The first kappa shape index (κ1) is 26.2. The first-order valence-corrected chi connectivity index (χ1v) is 12.2. The Morgan fingerprint density at radius 1 is 1.11 bits per heavy atom. The molecule has 9 nitrogen and oxygen atoms in total. The van der Waals surface area contributed by atoms with Crippen LogP contribution >= 0.6 is 11.6 Å². The van der Waals surface area contributed by atoms with Crippen molar-refractivity contribution < 1.29 is 19.1 Å². The molecule has 10 heteroatoms. The van der Waals surface area contributed by atoms with Crippen LogP contribution in [0.5, 0.6) is 5.75 Å². The molecule has 1 atom stereocenters. The van der Waals surface area contributed by atoms with Crippen molar-refractivity contribution in [2.75, 3.05) is 39.2 Å². The Morgan fingerprint density at radius 2 is 1.86 bits per heavy atom. The van der Waals surface area contributed by atoms with Crippen LogP contribution < -0.4 is 10.1 Å². The normalized spacial score (nSPS) is 14.9. The maximum absolute atomic E-state index is 13.6. The zero-order valence-corrected chi connectivity index (χ0v) is 21.8. The Kier molecular flexibility index (Phi) is 8.47. The summed E-state index contributed by atoms with van der Waals surface area (Å²) in [5.41, 5.74) is 3.14. The molecule has 0 bridgehead atoms. The zero-order chi connectivity index (χ0) is 26.4. The van der Waals surface area contributed by atoms with Gasteiger partial charge in [0, 0.05) is 38.3 Å². The van der Waals surface area contributed by atoms with Crippen LogP contribution in [-0.2, 0) is 16.6 Å². The fourth-order valence-electron chi connectivity index (χ4n) is 4.23. The minimum Gasteiger partial charge on any atom is -0.495 e. The molecule has 1 aliphatic heterocycles. The van der Waals surface area contributed by atoms with Crippen LogP contribution in [0.2, 0.25) is 5.02 Å². The topological polar surface area (TPSA) is 88.4 Å². The van der Waals surface area contributed by atoms with Crippen molar-refractivity contribution in [1.29, 1.82) is 0 Å². The van der Waals surface area contributed by atoms with E-state index in [9.17, 15) is 9.59 Å². The lowest BCUT2D eigenvalue weighted by Crippen LogP contribution is -2.44. The van der Waals surface area contributed by atoms with Crippen LogP contribution in [0.4, 0.5) is 10.5 Å². The lowest BCUT2D eigenvalue weighted by molar-refractivity contribution is -0.133. The number of para-hydroxylation sites is 2. The molecule has 0 radical (unpaired) electrons. The smallest absolute Gasteiger partial charge is 0.322 e. The predicted octanol–water partition coefficient (Wildman–Crippen LogP) is 4.55. The number of urea groups is 1. The summed E-state index contributed by atoms with van der Waals surface area (Å²) in [7, 11) is 5.02. The Labute approximate surface area is 221 Å². The zero-order valence-electron chi connectivity index (χ0n) is 21.1. The molecule has 1 aromatic heterocycles. The van der Waals surface area contributed by atoms with Gasteiger partial charge in [0.1, 0.15) is 12.3 Å². The highest BCUT2D eigenvalue weighted by Crippen LogP contribution is 2.33. The van der Waals surface area contributed by atoms with E-state index in [1.54, 1.807) is 37.4 Å². The molecule has 3 aromatic rings. The van der Waals surface area contributed by atoms with E-state index < -0.39 is 6.03 Å². The highest BCUT2D eigenvalue weighted by atomic mass is 35.5. The number of nitrogens with zero attached hydrogens (tertiary/aromatic N) is 4. The van der Waals surface area contributed by atoms with Gasteiger partial charge < -0.3 is 24.3 Å². The van der Waals surface area contributed by atoms with Crippen LogP contribution in [0.3, 0.4) is 0 Å². The van der Waals surface area contributed by atoms with Crippen molar-refractivity contribution in [3.63, 3.8) is 0 Å². The van der Waals surface area contributed by atoms with Crippen LogP contribution in [-0.4, -0.2) is 66.0 Å². The third kappa shape index (κ3) is 6.12. The van der Waals surface area contributed by atoms with Crippen molar-refractivity contribution in [1.82, 2.24) is 14.5 Å². The van der Waals surface area contributed by atoms with Gasteiger partial charge >= 0.3 is 6.03 Å². The summed E-state index contributed by atoms with van der Waals surface area (Å²) < 4.78 is 12.5. The van der Waals surface area contributed by atoms with Gasteiger partial charge in [-0.15, -0.1) is 0 Å². The molecular formula is C27H30ClN5O4. The largest absolute Gasteiger partial charge is 0.495 e. The minimum atomic E-state index is -0.441. The second kappa shape index (κ2) is 11.9. The number of hydrazone groups is 1. The number of methoxy groups -OCH3 is 2. The molecule has 194 valence electrons. The lowest BCUT2D eigenvalue weighted by Gasteiger charge is -2.27. The summed E-state index contributed by atoms with van der Waals surface area (Å²) in [6.45, 7) is 0.306. The fourth-order valence-corrected chi connectivity index (χ4v) is 4.36. The number of hydrogen-bond acceptors (Lipinski definition) is 5. The molecule has 2 aromatic carbocycles. The number of hydrogen-bond donors (Lipinski definition) is 1. The molecule has 0 unspecified atom stereocenters. The lowest BCUT2D eigenvalue weighted by atomic mass is 10.0. The molecule has 0 saturated heterocycles. The van der Waals surface area contributed by atoms with Crippen LogP contribution in [0.25, 0.3) is 0 Å². The molecule has 1 aliphatic rings. The molecule has 0 saturated carbocycles. The Balaban J connectivity index is 1.58. The molecule has 2 heterocycles. The molecule has 0 spiro atoms. The van der Waals surface area contributed by atoms with E-state index in [-0.39, 0.29) is 31.6 Å². The number of carbonyl (C=O) groups is 2. The first-order chi connectivity index (χ1) is 17.9. The first-order valence-electron chi connectivity index (χ1n) is 11.9. The summed E-state index contributed by atoms with van der Waals surface area (Å²) in [6.07, 6.45) is 2.48. The third-order valence-electron chi connectivity index (χ3n) is 6.19. The summed E-state index contributed by atoms with van der Waals surface area (Å²) in [5.74, 6) is 0.212. The molecule has 0 fully saturated rings. The van der Waals surface area contributed by atoms with Gasteiger partial charge in [-0.2, -0.15) is 5.10 Å². The van der Waals surface area contributed by atoms with E-state index in [2.05, 4.69) is 5.32 Å². The number of rotatable bonds is 9. The van der Waals surface area contributed by atoms with E-state index in [0.29, 0.717) is 22.9 Å². The van der Waals surface area contributed by atoms with Crippen molar-refractivity contribution in [3.05, 3.63) is 83.1 Å². The van der Waals surface area contributed by atoms with E-state index in [0.717, 1.165) is 17.0 Å². The number of halogens is 1.